The number of benzene rings is 1. The molecule has 1 aromatic carbocycles. The van der Waals surface area contributed by atoms with Gasteiger partial charge in [0, 0.05) is 30.1 Å². The van der Waals surface area contributed by atoms with Crippen molar-refractivity contribution in [2.45, 2.75) is 62.7 Å². The second-order valence-electron chi connectivity index (χ2n) is 9.46. The van der Waals surface area contributed by atoms with Crippen LogP contribution in [-0.2, 0) is 30.4 Å². The molecule has 37 heavy (non-hydrogen) atoms. The molecule has 198 valence electrons. The Labute approximate surface area is 212 Å². The van der Waals surface area contributed by atoms with Crippen LogP contribution in [-0.4, -0.2) is 87.0 Å². The first-order valence-electron chi connectivity index (χ1n) is 12.4. The second-order valence-corrected chi connectivity index (χ2v) is 9.46. The number of carbonyl (C=O) groups excluding carboxylic acids is 3. The molecule has 0 bridgehead atoms. The molecule has 0 aliphatic carbocycles. The lowest BCUT2D eigenvalue weighted by molar-refractivity contribution is -0.150. The highest BCUT2D eigenvalue weighted by molar-refractivity contribution is 5.96. The molecule has 12 heteroatoms. The third-order valence-electron chi connectivity index (χ3n) is 6.92. The number of hydrogen-bond donors (Lipinski definition) is 6. The van der Waals surface area contributed by atoms with E-state index >= 15 is 0 Å². The van der Waals surface area contributed by atoms with Gasteiger partial charge in [-0.2, -0.15) is 0 Å². The number of carboxylic acids is 2. The largest absolute Gasteiger partial charge is 0.481 e. The SMILES string of the molecule is O=C(O)CC(NC(=O)C(Cc1c[nH]c2ccccc12)NC(=O)C1CCCN1)C(=O)N1CCCC1C(=O)O. The van der Waals surface area contributed by atoms with Crippen LogP contribution in [0, 0.1) is 0 Å². The first kappa shape index (κ1) is 26.1. The van der Waals surface area contributed by atoms with Gasteiger partial charge in [-0.25, -0.2) is 4.79 Å². The van der Waals surface area contributed by atoms with Gasteiger partial charge >= 0.3 is 11.9 Å². The minimum absolute atomic E-state index is 0.101. The molecular formula is C25H31N5O7. The lowest BCUT2D eigenvalue weighted by Gasteiger charge is -2.28. The van der Waals surface area contributed by atoms with Crippen molar-refractivity contribution in [3.05, 3.63) is 36.0 Å². The monoisotopic (exact) mass is 513 g/mol. The van der Waals surface area contributed by atoms with Crippen LogP contribution in [0.4, 0.5) is 0 Å². The topological polar surface area (TPSA) is 181 Å². The summed E-state index contributed by atoms with van der Waals surface area (Å²) in [6, 6.07) is 3.39. The minimum Gasteiger partial charge on any atom is -0.481 e. The number of carboxylic acid groups (broad SMARTS) is 2. The van der Waals surface area contributed by atoms with Gasteiger partial charge in [-0.1, -0.05) is 18.2 Å². The first-order valence-corrected chi connectivity index (χ1v) is 12.4. The normalized spacial score (nSPS) is 20.9. The van der Waals surface area contributed by atoms with Crippen LogP contribution in [0.3, 0.4) is 0 Å². The maximum absolute atomic E-state index is 13.4. The summed E-state index contributed by atoms with van der Waals surface area (Å²) in [6.45, 7) is 0.845. The van der Waals surface area contributed by atoms with Crippen molar-refractivity contribution in [2.75, 3.05) is 13.1 Å². The molecule has 1 aromatic heterocycles. The smallest absolute Gasteiger partial charge is 0.326 e. The third-order valence-corrected chi connectivity index (χ3v) is 6.92. The summed E-state index contributed by atoms with van der Waals surface area (Å²) in [5, 5.41) is 28.0. The number of rotatable bonds is 10. The van der Waals surface area contributed by atoms with Crippen molar-refractivity contribution in [1.29, 1.82) is 0 Å². The number of aliphatic carboxylic acids is 2. The highest BCUT2D eigenvalue weighted by atomic mass is 16.4. The zero-order valence-corrected chi connectivity index (χ0v) is 20.2. The number of fused-ring (bicyclic) bond motifs is 1. The van der Waals surface area contributed by atoms with Gasteiger partial charge in [0.15, 0.2) is 0 Å². The number of hydrogen-bond acceptors (Lipinski definition) is 6. The Balaban J connectivity index is 1.56. The number of nitrogens with one attached hydrogen (secondary N) is 4. The fourth-order valence-electron chi connectivity index (χ4n) is 5.04. The van der Waals surface area contributed by atoms with Crippen molar-refractivity contribution in [3.8, 4) is 0 Å². The fourth-order valence-corrected chi connectivity index (χ4v) is 5.04. The van der Waals surface area contributed by atoms with E-state index in [1.165, 1.54) is 0 Å². The van der Waals surface area contributed by atoms with Gasteiger partial charge in [0.25, 0.3) is 0 Å². The predicted molar refractivity (Wildman–Crippen MR) is 132 cm³/mol. The highest BCUT2D eigenvalue weighted by Crippen LogP contribution is 2.21. The maximum Gasteiger partial charge on any atom is 0.326 e. The van der Waals surface area contributed by atoms with Crippen LogP contribution in [0.2, 0.25) is 0 Å². The molecule has 4 unspecified atom stereocenters. The lowest BCUT2D eigenvalue weighted by atomic mass is 10.0. The number of amides is 3. The van der Waals surface area contributed by atoms with Gasteiger partial charge in [0.2, 0.25) is 17.7 Å². The number of likely N-dealkylation sites (tertiary alicyclic amines) is 1. The molecule has 2 fully saturated rings. The van der Waals surface area contributed by atoms with E-state index in [0.29, 0.717) is 19.4 Å². The van der Waals surface area contributed by atoms with Crippen molar-refractivity contribution in [1.82, 2.24) is 25.8 Å². The van der Waals surface area contributed by atoms with Gasteiger partial charge in [0.05, 0.1) is 12.5 Å². The number of H-pyrrole nitrogens is 1. The molecule has 2 aliphatic heterocycles. The lowest BCUT2D eigenvalue weighted by Crippen LogP contribution is -2.58. The number of aromatic amines is 1. The summed E-state index contributed by atoms with van der Waals surface area (Å²) in [5.74, 6) is -4.35. The number of aromatic nitrogens is 1. The van der Waals surface area contributed by atoms with Gasteiger partial charge in [-0.15, -0.1) is 0 Å². The van der Waals surface area contributed by atoms with Crippen LogP contribution in [0.15, 0.2) is 30.5 Å². The summed E-state index contributed by atoms with van der Waals surface area (Å²) in [6.07, 6.45) is 3.29. The zero-order chi connectivity index (χ0) is 26.5. The minimum atomic E-state index is -1.48. The van der Waals surface area contributed by atoms with E-state index in [9.17, 15) is 34.2 Å². The Morgan fingerprint density at radius 1 is 1.03 bits per heavy atom. The quantitative estimate of drug-likeness (QED) is 0.256. The average Bonchev–Trinajstić information content (AvgIpc) is 3.63. The van der Waals surface area contributed by atoms with Crippen molar-refractivity contribution >= 4 is 40.6 Å². The predicted octanol–water partition coefficient (Wildman–Crippen LogP) is -0.0177. The van der Waals surface area contributed by atoms with E-state index in [-0.39, 0.29) is 25.3 Å². The molecular weight excluding hydrogens is 482 g/mol. The van der Waals surface area contributed by atoms with Crippen molar-refractivity contribution in [3.63, 3.8) is 0 Å². The summed E-state index contributed by atoms with van der Waals surface area (Å²) in [5.41, 5.74) is 1.62. The molecule has 3 heterocycles. The number of para-hydroxylation sites is 1. The van der Waals surface area contributed by atoms with Gasteiger partial charge < -0.3 is 36.0 Å². The van der Waals surface area contributed by atoms with Crippen LogP contribution < -0.4 is 16.0 Å². The molecule has 2 saturated heterocycles. The second kappa shape index (κ2) is 11.4. The Morgan fingerprint density at radius 2 is 1.81 bits per heavy atom. The first-order chi connectivity index (χ1) is 17.7. The summed E-state index contributed by atoms with van der Waals surface area (Å²) < 4.78 is 0. The molecule has 6 N–H and O–H groups in total. The molecule has 0 saturated carbocycles. The van der Waals surface area contributed by atoms with Crippen LogP contribution in [0.1, 0.15) is 37.7 Å². The number of carbonyl (C=O) groups is 5. The average molecular weight is 514 g/mol. The van der Waals surface area contributed by atoms with E-state index in [4.69, 9.17) is 0 Å². The molecule has 4 atom stereocenters. The van der Waals surface area contributed by atoms with Crippen LogP contribution in [0.5, 0.6) is 0 Å². The molecule has 3 amide bonds. The van der Waals surface area contributed by atoms with Gasteiger partial charge in [0.1, 0.15) is 18.1 Å². The standard InChI is InChI=1S/C25H31N5O7/c31-21(32)12-19(24(35)30-10-4-8-20(30)25(36)37)29-23(34)18(28-22(33)17-7-3-9-26-17)11-14-13-27-16-6-2-1-5-15(14)16/h1-2,5-6,13,17-20,26-27H,3-4,7-12H2,(H,28,33)(H,29,34)(H,31,32)(H,36,37). The highest BCUT2D eigenvalue weighted by Gasteiger charge is 2.39. The van der Waals surface area contributed by atoms with Crippen LogP contribution in [0.25, 0.3) is 10.9 Å². The van der Waals surface area contributed by atoms with Crippen molar-refractivity contribution < 1.29 is 34.2 Å². The summed E-state index contributed by atoms with van der Waals surface area (Å²) in [7, 11) is 0. The molecule has 2 aromatic rings. The molecule has 0 radical (unpaired) electrons. The zero-order valence-electron chi connectivity index (χ0n) is 20.2. The van der Waals surface area contributed by atoms with Crippen LogP contribution >= 0.6 is 0 Å². The maximum atomic E-state index is 13.4. The van der Waals surface area contributed by atoms with E-state index in [1.807, 2.05) is 24.3 Å². The third kappa shape index (κ3) is 6.08. The Kier molecular flexibility index (Phi) is 8.07. The van der Waals surface area contributed by atoms with E-state index in [1.54, 1.807) is 6.20 Å². The molecule has 0 spiro atoms. The van der Waals surface area contributed by atoms with Gasteiger partial charge in [-0.05, 0) is 43.9 Å². The molecule has 4 rings (SSSR count). The summed E-state index contributed by atoms with van der Waals surface area (Å²) in [4.78, 5) is 66.8. The van der Waals surface area contributed by atoms with Crippen molar-refractivity contribution in [2.24, 2.45) is 0 Å². The Hall–Kier alpha value is -3.93. The molecule has 2 aliphatic rings. The Morgan fingerprint density at radius 3 is 2.51 bits per heavy atom. The van der Waals surface area contributed by atoms with E-state index in [2.05, 4.69) is 20.9 Å². The Bertz CT molecular complexity index is 1190. The summed E-state index contributed by atoms with van der Waals surface area (Å²) >= 11 is 0. The molecule has 12 nitrogen and oxygen atoms in total. The van der Waals surface area contributed by atoms with E-state index in [0.717, 1.165) is 27.8 Å². The van der Waals surface area contributed by atoms with E-state index < -0.39 is 54.3 Å². The van der Waals surface area contributed by atoms with Gasteiger partial charge in [-0.3, -0.25) is 19.2 Å². The number of nitrogens with zero attached hydrogens (tertiary/aromatic N) is 1. The fraction of sp³-hybridized carbons (Fsp3) is 0.480.